The fourth-order valence-corrected chi connectivity index (χ4v) is 4.90. The predicted molar refractivity (Wildman–Crippen MR) is 118 cm³/mol. The van der Waals surface area contributed by atoms with Gasteiger partial charge in [0.25, 0.3) is 5.56 Å². The number of aromatic nitrogens is 2. The lowest BCUT2D eigenvalue weighted by Crippen LogP contribution is -2.44. The zero-order valence-corrected chi connectivity index (χ0v) is 20.6. The summed E-state index contributed by atoms with van der Waals surface area (Å²) in [4.78, 5) is 36.0. The summed E-state index contributed by atoms with van der Waals surface area (Å²) < 4.78 is 19.2. The van der Waals surface area contributed by atoms with Crippen molar-refractivity contribution in [2.75, 3.05) is 6.61 Å². The lowest BCUT2D eigenvalue weighted by Gasteiger charge is -2.37. The number of rotatable bonds is 6. The van der Waals surface area contributed by atoms with Crippen LogP contribution < -0.4 is 11.2 Å². The van der Waals surface area contributed by atoms with Crippen LogP contribution in [-0.4, -0.2) is 41.6 Å². The number of hydrogen-bond donors (Lipinski definition) is 3. The highest BCUT2D eigenvalue weighted by Crippen LogP contribution is 2.51. The van der Waals surface area contributed by atoms with E-state index in [1.54, 1.807) is 6.92 Å². The number of aromatic amines is 1. The molecule has 0 saturated carbocycles. The van der Waals surface area contributed by atoms with Crippen molar-refractivity contribution in [3.63, 3.8) is 0 Å². The van der Waals surface area contributed by atoms with Crippen LogP contribution >= 0.6 is 17.9 Å². The van der Waals surface area contributed by atoms with Gasteiger partial charge in [-0.3, -0.25) is 14.3 Å². The third-order valence-electron chi connectivity index (χ3n) is 5.32. The Hall–Kier alpha value is -0.263. The minimum atomic E-state index is -3.24. The highest BCUT2D eigenvalue weighted by molar-refractivity contribution is 8.59. The highest BCUT2D eigenvalue weighted by atomic mass is 32.9. The molecule has 1 aromatic heterocycles. The molecule has 2 rings (SSSR count). The molecule has 2 heterocycles. The van der Waals surface area contributed by atoms with Crippen LogP contribution in [0.4, 0.5) is 0 Å². The molecule has 0 aromatic carbocycles. The SMILES string of the molecule is Cc1cn([C@H]2C[C@H](OP(O)(=S)S)[C@@H](CO[Si](C)(C)C(C)(C)C)O2)c(=O)[nH]c1=O. The van der Waals surface area contributed by atoms with Crippen LogP contribution in [0.15, 0.2) is 15.8 Å². The lowest BCUT2D eigenvalue weighted by atomic mass is 10.2. The molecule has 1 aromatic rings. The fraction of sp³-hybridized carbons (Fsp3) is 0.750. The number of aryl methyl sites for hydroxylation is 1. The molecule has 1 fully saturated rings. The first-order chi connectivity index (χ1) is 12.6. The monoisotopic (exact) mass is 468 g/mol. The van der Waals surface area contributed by atoms with Gasteiger partial charge in [0.15, 0.2) is 8.32 Å². The maximum Gasteiger partial charge on any atom is 0.330 e. The molecule has 1 saturated heterocycles. The van der Waals surface area contributed by atoms with Crippen LogP contribution in [0.5, 0.6) is 0 Å². The largest absolute Gasteiger partial charge is 0.414 e. The minimum absolute atomic E-state index is 0.0175. The maximum atomic E-state index is 12.2. The van der Waals surface area contributed by atoms with Gasteiger partial charge >= 0.3 is 5.69 Å². The maximum absolute atomic E-state index is 12.2. The molecule has 0 spiro atoms. The Morgan fingerprint density at radius 3 is 2.61 bits per heavy atom. The standard InChI is InChI=1S/C16H29N2O6PS2Si/c1-10-8-18(15(20)17-14(10)19)13-7-11(24-25(21,26)27)12(23-13)9-22-28(5,6)16(2,3)4/h8,11-13H,7,9H2,1-6H3,(H,17,19,20)(H2,21,26,27)/t11-,12+,13+/m0/s1. The number of thiol groups is 1. The van der Waals surface area contributed by atoms with E-state index in [4.69, 9.17) is 25.5 Å². The minimum Gasteiger partial charge on any atom is -0.414 e. The van der Waals surface area contributed by atoms with Gasteiger partial charge in [0.2, 0.25) is 5.69 Å². The van der Waals surface area contributed by atoms with E-state index in [1.165, 1.54) is 10.8 Å². The molecule has 0 radical (unpaired) electrons. The molecule has 160 valence electrons. The van der Waals surface area contributed by atoms with Crippen LogP contribution in [0, 0.1) is 6.92 Å². The predicted octanol–water partition coefficient (Wildman–Crippen LogP) is 2.69. The zero-order valence-electron chi connectivity index (χ0n) is 17.0. The summed E-state index contributed by atoms with van der Waals surface area (Å²) in [7, 11) is -2.04. The van der Waals surface area contributed by atoms with Gasteiger partial charge in [0.1, 0.15) is 12.3 Å². The summed E-state index contributed by atoms with van der Waals surface area (Å²) >= 11 is 8.88. The Morgan fingerprint density at radius 1 is 1.46 bits per heavy atom. The topological polar surface area (TPSA) is 103 Å². The molecular formula is C16H29N2O6PS2Si. The van der Waals surface area contributed by atoms with Crippen LogP contribution in [-0.2, 0) is 25.5 Å². The molecule has 1 unspecified atom stereocenters. The van der Waals surface area contributed by atoms with Gasteiger partial charge in [-0.15, -0.1) is 0 Å². The summed E-state index contributed by atoms with van der Waals surface area (Å²) in [6.45, 7) is 12.5. The summed E-state index contributed by atoms with van der Waals surface area (Å²) in [5.74, 6) is 0. The van der Waals surface area contributed by atoms with Crippen molar-refractivity contribution in [3.8, 4) is 0 Å². The average Bonchev–Trinajstić information content (AvgIpc) is 2.88. The molecule has 2 N–H and O–H groups in total. The average molecular weight is 469 g/mol. The second kappa shape index (κ2) is 8.47. The highest BCUT2D eigenvalue weighted by Gasteiger charge is 2.43. The normalized spacial score (nSPS) is 25.6. The van der Waals surface area contributed by atoms with Gasteiger partial charge in [-0.2, -0.15) is 0 Å². The van der Waals surface area contributed by atoms with E-state index < -0.39 is 43.7 Å². The molecular weight excluding hydrogens is 439 g/mol. The molecule has 1 aliphatic rings. The number of H-pyrrole nitrogens is 1. The van der Waals surface area contributed by atoms with E-state index in [1.807, 2.05) is 0 Å². The number of nitrogens with zero attached hydrogens (tertiary/aromatic N) is 1. The quantitative estimate of drug-likeness (QED) is 0.335. The van der Waals surface area contributed by atoms with Crippen molar-refractivity contribution < 1.29 is 18.6 Å². The fourth-order valence-electron chi connectivity index (χ4n) is 2.62. The number of ether oxygens (including phenoxy) is 1. The van der Waals surface area contributed by atoms with Gasteiger partial charge in [-0.1, -0.05) is 33.0 Å². The summed E-state index contributed by atoms with van der Waals surface area (Å²) in [5.41, 5.74) is -3.85. The Morgan fingerprint density at radius 2 is 2.07 bits per heavy atom. The van der Waals surface area contributed by atoms with Crippen molar-refractivity contribution in [3.05, 3.63) is 32.6 Å². The second-order valence-corrected chi connectivity index (χ2v) is 18.5. The van der Waals surface area contributed by atoms with Crippen LogP contribution in [0.25, 0.3) is 0 Å². The van der Waals surface area contributed by atoms with Crippen LogP contribution in [0.2, 0.25) is 18.1 Å². The molecule has 0 bridgehead atoms. The van der Waals surface area contributed by atoms with Crippen molar-refractivity contribution in [1.82, 2.24) is 9.55 Å². The number of nitrogens with one attached hydrogen (secondary N) is 1. The van der Waals surface area contributed by atoms with Crippen LogP contribution in [0.3, 0.4) is 0 Å². The Labute approximate surface area is 176 Å². The molecule has 28 heavy (non-hydrogen) atoms. The van der Waals surface area contributed by atoms with Crippen molar-refractivity contribution >= 4 is 38.1 Å². The van der Waals surface area contributed by atoms with E-state index in [0.29, 0.717) is 5.56 Å². The zero-order chi connectivity index (χ0) is 21.5. The molecule has 0 amide bonds. The van der Waals surface area contributed by atoms with Crippen molar-refractivity contribution in [1.29, 1.82) is 0 Å². The van der Waals surface area contributed by atoms with Gasteiger partial charge in [-0.25, -0.2) is 4.79 Å². The third kappa shape index (κ3) is 5.88. The first kappa shape index (κ1) is 24.0. The van der Waals surface area contributed by atoms with Crippen LogP contribution in [0.1, 0.15) is 39.0 Å². The van der Waals surface area contributed by atoms with E-state index in [-0.39, 0.29) is 18.1 Å². The molecule has 4 atom stereocenters. The van der Waals surface area contributed by atoms with Gasteiger partial charge < -0.3 is 18.6 Å². The van der Waals surface area contributed by atoms with Crippen molar-refractivity contribution in [2.45, 2.75) is 70.7 Å². The molecule has 1 aliphatic heterocycles. The second-order valence-electron chi connectivity index (χ2n) is 8.55. The third-order valence-corrected chi connectivity index (χ3v) is 10.9. The first-order valence-electron chi connectivity index (χ1n) is 8.96. The van der Waals surface area contributed by atoms with Gasteiger partial charge in [0.05, 0.1) is 12.7 Å². The molecule has 0 aliphatic carbocycles. The summed E-state index contributed by atoms with van der Waals surface area (Å²) in [5, 5.41) is 0.0175. The lowest BCUT2D eigenvalue weighted by molar-refractivity contribution is -0.0390. The number of hydrogen-bond acceptors (Lipinski definition) is 6. The molecule has 12 heteroatoms. The Bertz CT molecular complexity index is 875. The first-order valence-corrected chi connectivity index (χ1v) is 15.7. The summed E-state index contributed by atoms with van der Waals surface area (Å²) in [6, 6.07) is 0. The molecule has 8 nitrogen and oxygen atoms in total. The van der Waals surface area contributed by atoms with E-state index in [2.05, 4.69) is 51.1 Å². The Kier molecular flexibility index (Phi) is 7.26. The van der Waals surface area contributed by atoms with Gasteiger partial charge in [0, 0.05) is 18.2 Å². The van der Waals surface area contributed by atoms with Gasteiger partial charge in [-0.05, 0) is 36.9 Å². The van der Waals surface area contributed by atoms with Crippen molar-refractivity contribution in [2.24, 2.45) is 0 Å². The summed E-state index contributed by atoms with van der Waals surface area (Å²) in [6.07, 6.45) is -0.0513. The van der Waals surface area contributed by atoms with E-state index >= 15 is 0 Å². The van der Waals surface area contributed by atoms with E-state index in [0.717, 1.165) is 0 Å². The smallest absolute Gasteiger partial charge is 0.330 e. The Balaban J connectivity index is 2.25. The van der Waals surface area contributed by atoms with E-state index in [9.17, 15) is 14.5 Å².